The Kier molecular flexibility index (Phi) is 2.10. The second-order valence-corrected chi connectivity index (χ2v) is 2.82. The van der Waals surface area contributed by atoms with E-state index in [0.29, 0.717) is 12.3 Å². The number of allylic oxidation sites excluding steroid dienone is 2. The van der Waals surface area contributed by atoms with Crippen LogP contribution in [0, 0.1) is 5.92 Å². The van der Waals surface area contributed by atoms with Gasteiger partial charge in [0.1, 0.15) is 0 Å². The molecule has 0 unspecified atom stereocenters. The van der Waals surface area contributed by atoms with Gasteiger partial charge >= 0.3 is 5.97 Å². The highest BCUT2D eigenvalue weighted by atomic mass is 16.4. The minimum Gasteiger partial charge on any atom is -0.481 e. The zero-order valence-corrected chi connectivity index (χ0v) is 6.13. The van der Waals surface area contributed by atoms with Crippen LogP contribution in [-0.2, 0) is 4.79 Å². The Balaban J connectivity index is 2.43. The Morgan fingerprint density at radius 1 is 1.90 bits per heavy atom. The Morgan fingerprint density at radius 2 is 2.60 bits per heavy atom. The molecule has 1 aliphatic rings. The number of rotatable bonds is 2. The van der Waals surface area contributed by atoms with Crippen molar-refractivity contribution in [2.45, 2.75) is 26.2 Å². The van der Waals surface area contributed by atoms with Gasteiger partial charge in [-0.1, -0.05) is 11.6 Å². The van der Waals surface area contributed by atoms with Crippen LogP contribution in [0.1, 0.15) is 26.2 Å². The second kappa shape index (κ2) is 2.86. The molecule has 56 valence electrons. The molecule has 0 aromatic rings. The van der Waals surface area contributed by atoms with Crippen LogP contribution in [0.15, 0.2) is 11.6 Å². The smallest absolute Gasteiger partial charge is 0.303 e. The van der Waals surface area contributed by atoms with Gasteiger partial charge in [0.2, 0.25) is 0 Å². The molecule has 0 aliphatic heterocycles. The summed E-state index contributed by atoms with van der Waals surface area (Å²) in [6.45, 7) is 2.01. The predicted octanol–water partition coefficient (Wildman–Crippen LogP) is 1.82. The first-order valence-electron chi connectivity index (χ1n) is 3.58. The standard InChI is InChI=1S/C8H12O2/c1-6-3-2-4-7(6)5-8(9)10/h3,7H,2,4-5H2,1H3,(H,9,10)/t7-/m1/s1. The summed E-state index contributed by atoms with van der Waals surface area (Å²) in [5.41, 5.74) is 1.25. The molecule has 0 aromatic carbocycles. The SMILES string of the molecule is CC1=CCC[C@@H]1CC(=O)O. The van der Waals surface area contributed by atoms with E-state index in [-0.39, 0.29) is 0 Å². The number of hydrogen-bond acceptors (Lipinski definition) is 1. The molecule has 2 heteroatoms. The summed E-state index contributed by atoms with van der Waals surface area (Å²) in [6.07, 6.45) is 4.53. The normalized spacial score (nSPS) is 24.5. The molecule has 1 atom stereocenters. The molecule has 0 spiro atoms. The molecule has 0 bridgehead atoms. The van der Waals surface area contributed by atoms with E-state index in [2.05, 4.69) is 6.08 Å². The highest BCUT2D eigenvalue weighted by molar-refractivity contribution is 5.67. The van der Waals surface area contributed by atoms with Crippen LogP contribution >= 0.6 is 0 Å². The van der Waals surface area contributed by atoms with Crippen molar-refractivity contribution in [2.75, 3.05) is 0 Å². The van der Waals surface area contributed by atoms with Gasteiger partial charge in [-0.2, -0.15) is 0 Å². The summed E-state index contributed by atoms with van der Waals surface area (Å²) in [4.78, 5) is 10.3. The molecule has 0 amide bonds. The summed E-state index contributed by atoms with van der Waals surface area (Å²) in [7, 11) is 0. The maximum atomic E-state index is 10.3. The minimum absolute atomic E-state index is 0.308. The third-order valence-corrected chi connectivity index (χ3v) is 2.05. The first kappa shape index (κ1) is 7.32. The van der Waals surface area contributed by atoms with Crippen LogP contribution in [0.2, 0.25) is 0 Å². The van der Waals surface area contributed by atoms with Crippen LogP contribution in [-0.4, -0.2) is 11.1 Å². The lowest BCUT2D eigenvalue weighted by Crippen LogP contribution is -2.05. The van der Waals surface area contributed by atoms with Crippen molar-refractivity contribution >= 4 is 5.97 Å². The quantitative estimate of drug-likeness (QED) is 0.594. The Morgan fingerprint density at radius 3 is 3.00 bits per heavy atom. The fourth-order valence-corrected chi connectivity index (χ4v) is 1.38. The van der Waals surface area contributed by atoms with Gasteiger partial charge in [-0.05, 0) is 25.7 Å². The van der Waals surface area contributed by atoms with E-state index in [1.54, 1.807) is 0 Å². The summed E-state index contributed by atoms with van der Waals surface area (Å²) >= 11 is 0. The number of carbonyl (C=O) groups is 1. The van der Waals surface area contributed by atoms with Crippen LogP contribution in [0.25, 0.3) is 0 Å². The van der Waals surface area contributed by atoms with Gasteiger partial charge in [0, 0.05) is 0 Å². The lowest BCUT2D eigenvalue weighted by atomic mass is 9.99. The van der Waals surface area contributed by atoms with Gasteiger partial charge in [-0.25, -0.2) is 0 Å². The van der Waals surface area contributed by atoms with E-state index in [4.69, 9.17) is 5.11 Å². The Bertz CT molecular complexity index is 170. The van der Waals surface area contributed by atoms with E-state index in [9.17, 15) is 4.79 Å². The molecule has 0 saturated heterocycles. The number of carboxylic acid groups (broad SMARTS) is 1. The molecule has 0 radical (unpaired) electrons. The molecule has 10 heavy (non-hydrogen) atoms. The highest BCUT2D eigenvalue weighted by Crippen LogP contribution is 2.27. The Labute approximate surface area is 60.6 Å². The number of carboxylic acids is 1. The van der Waals surface area contributed by atoms with Gasteiger partial charge in [0.25, 0.3) is 0 Å². The van der Waals surface area contributed by atoms with Crippen LogP contribution in [0.3, 0.4) is 0 Å². The number of hydrogen-bond donors (Lipinski definition) is 1. The molecule has 2 nitrogen and oxygen atoms in total. The van der Waals surface area contributed by atoms with Crippen molar-refractivity contribution in [3.8, 4) is 0 Å². The summed E-state index contributed by atoms with van der Waals surface area (Å²) < 4.78 is 0. The summed E-state index contributed by atoms with van der Waals surface area (Å²) in [6, 6.07) is 0. The van der Waals surface area contributed by atoms with Gasteiger partial charge in [-0.15, -0.1) is 0 Å². The monoisotopic (exact) mass is 140 g/mol. The first-order chi connectivity index (χ1) is 4.70. The fraction of sp³-hybridized carbons (Fsp3) is 0.625. The predicted molar refractivity (Wildman–Crippen MR) is 38.7 cm³/mol. The van der Waals surface area contributed by atoms with Crippen molar-refractivity contribution in [2.24, 2.45) is 5.92 Å². The molecule has 1 N–H and O–H groups in total. The van der Waals surface area contributed by atoms with Crippen molar-refractivity contribution < 1.29 is 9.90 Å². The molecule has 0 fully saturated rings. The lowest BCUT2D eigenvalue weighted by molar-refractivity contribution is -0.137. The molecule has 0 aromatic heterocycles. The van der Waals surface area contributed by atoms with Crippen LogP contribution < -0.4 is 0 Å². The zero-order chi connectivity index (χ0) is 7.56. The molecule has 0 saturated carbocycles. The van der Waals surface area contributed by atoms with Gasteiger partial charge in [0.05, 0.1) is 6.42 Å². The molecule has 1 rings (SSSR count). The topological polar surface area (TPSA) is 37.3 Å². The minimum atomic E-state index is -0.681. The lowest BCUT2D eigenvalue weighted by Gasteiger charge is -2.06. The van der Waals surface area contributed by atoms with Crippen LogP contribution in [0.5, 0.6) is 0 Å². The van der Waals surface area contributed by atoms with Gasteiger partial charge in [-0.3, -0.25) is 4.79 Å². The third kappa shape index (κ3) is 1.59. The van der Waals surface area contributed by atoms with E-state index < -0.39 is 5.97 Å². The third-order valence-electron chi connectivity index (χ3n) is 2.05. The summed E-state index contributed by atoms with van der Waals surface area (Å²) in [5, 5.41) is 8.46. The summed E-state index contributed by atoms with van der Waals surface area (Å²) in [5.74, 6) is -0.364. The largest absolute Gasteiger partial charge is 0.481 e. The fourth-order valence-electron chi connectivity index (χ4n) is 1.38. The molecule has 0 heterocycles. The van der Waals surface area contributed by atoms with E-state index >= 15 is 0 Å². The highest BCUT2D eigenvalue weighted by Gasteiger charge is 2.17. The average molecular weight is 140 g/mol. The van der Waals surface area contributed by atoms with Gasteiger partial charge in [0.15, 0.2) is 0 Å². The molecular formula is C8H12O2. The van der Waals surface area contributed by atoms with Crippen molar-refractivity contribution in [1.29, 1.82) is 0 Å². The molecular weight excluding hydrogens is 128 g/mol. The maximum Gasteiger partial charge on any atom is 0.303 e. The Hall–Kier alpha value is -0.790. The van der Waals surface area contributed by atoms with E-state index in [0.717, 1.165) is 12.8 Å². The van der Waals surface area contributed by atoms with Crippen LogP contribution in [0.4, 0.5) is 0 Å². The van der Waals surface area contributed by atoms with Gasteiger partial charge < -0.3 is 5.11 Å². The first-order valence-corrected chi connectivity index (χ1v) is 3.58. The van der Waals surface area contributed by atoms with Crippen molar-refractivity contribution in [3.05, 3.63) is 11.6 Å². The zero-order valence-electron chi connectivity index (χ0n) is 6.13. The van der Waals surface area contributed by atoms with Crippen molar-refractivity contribution in [1.82, 2.24) is 0 Å². The maximum absolute atomic E-state index is 10.3. The van der Waals surface area contributed by atoms with Crippen molar-refractivity contribution in [3.63, 3.8) is 0 Å². The molecule has 1 aliphatic carbocycles. The van der Waals surface area contributed by atoms with E-state index in [1.807, 2.05) is 6.92 Å². The number of aliphatic carboxylic acids is 1. The second-order valence-electron chi connectivity index (χ2n) is 2.82. The van der Waals surface area contributed by atoms with E-state index in [1.165, 1.54) is 5.57 Å². The average Bonchev–Trinajstić information content (AvgIpc) is 2.15.